The summed E-state index contributed by atoms with van der Waals surface area (Å²) >= 11 is 0. The van der Waals surface area contributed by atoms with Crippen LogP contribution in [-0.4, -0.2) is 80.8 Å². The topological polar surface area (TPSA) is 110 Å². The van der Waals surface area contributed by atoms with E-state index in [0.717, 1.165) is 11.3 Å². The molecular weight excluding hydrogens is 438 g/mol. The molecule has 3 rings (SSSR count). The molecule has 1 aliphatic rings. The Hall–Kier alpha value is -2.98. The monoisotopic (exact) mass is 473 g/mol. The summed E-state index contributed by atoms with van der Waals surface area (Å²) in [5.41, 5.74) is 1.89. The molecule has 3 atom stereocenters. The van der Waals surface area contributed by atoms with Crippen molar-refractivity contribution in [3.8, 4) is 5.75 Å². The first-order chi connectivity index (χ1) is 16.3. The van der Waals surface area contributed by atoms with Gasteiger partial charge in [-0.3, -0.25) is 4.79 Å². The Labute approximate surface area is 200 Å². The summed E-state index contributed by atoms with van der Waals surface area (Å²) in [7, 11) is 1.66. The Morgan fingerprint density at radius 1 is 1.35 bits per heavy atom. The number of amides is 2. The second kappa shape index (κ2) is 11.9. The van der Waals surface area contributed by atoms with Crippen LogP contribution >= 0.6 is 0 Å². The lowest BCUT2D eigenvalue weighted by Crippen LogP contribution is -2.48. The molecule has 10 nitrogen and oxygen atoms in total. The molecule has 0 bridgehead atoms. The summed E-state index contributed by atoms with van der Waals surface area (Å²) in [5, 5.41) is 17.8. The molecule has 0 spiro atoms. The minimum atomic E-state index is -0.492. The van der Waals surface area contributed by atoms with Crippen molar-refractivity contribution in [2.75, 3.05) is 26.7 Å². The van der Waals surface area contributed by atoms with Crippen molar-refractivity contribution in [1.82, 2.24) is 24.8 Å². The highest BCUT2D eigenvalue weighted by Gasteiger charge is 2.29. The Balaban J connectivity index is 1.76. The summed E-state index contributed by atoms with van der Waals surface area (Å²) in [4.78, 5) is 28.8. The Morgan fingerprint density at radius 3 is 2.79 bits per heavy atom. The van der Waals surface area contributed by atoms with E-state index < -0.39 is 6.09 Å². The second-order valence-electron chi connectivity index (χ2n) is 9.02. The summed E-state index contributed by atoms with van der Waals surface area (Å²) in [6, 6.07) is 6.95. The van der Waals surface area contributed by atoms with Crippen LogP contribution in [0, 0.1) is 12.8 Å². The molecule has 1 aromatic heterocycles. The highest BCUT2D eigenvalue weighted by atomic mass is 16.6. The number of aryl methyl sites for hydroxylation is 2. The lowest BCUT2D eigenvalue weighted by atomic mass is 10.0. The Kier molecular flexibility index (Phi) is 9.00. The molecule has 0 radical (unpaired) electrons. The molecule has 1 N–H and O–H groups in total. The summed E-state index contributed by atoms with van der Waals surface area (Å²) in [6.07, 6.45) is 1.75. The average molecular weight is 474 g/mol. The zero-order valence-corrected chi connectivity index (χ0v) is 20.4. The molecular formula is C24H35N5O5. The van der Waals surface area contributed by atoms with Gasteiger partial charge in [0.2, 0.25) is 5.91 Å². The van der Waals surface area contributed by atoms with Crippen molar-refractivity contribution < 1.29 is 24.2 Å². The van der Waals surface area contributed by atoms with Gasteiger partial charge in [-0.25, -0.2) is 9.48 Å². The van der Waals surface area contributed by atoms with Crippen LogP contribution in [0.2, 0.25) is 0 Å². The molecule has 1 aromatic carbocycles. The van der Waals surface area contributed by atoms with Crippen molar-refractivity contribution in [2.45, 2.75) is 58.9 Å². The largest absolute Gasteiger partial charge is 0.415 e. The fraction of sp³-hybridized carbons (Fsp3) is 0.583. The van der Waals surface area contributed by atoms with Crippen LogP contribution in [0.15, 0.2) is 30.5 Å². The normalized spacial score (nSPS) is 20.6. The summed E-state index contributed by atoms with van der Waals surface area (Å²) < 4.78 is 13.5. The molecule has 2 aromatic rings. The highest BCUT2D eigenvalue weighted by molar-refractivity contribution is 5.76. The number of benzene rings is 1. The van der Waals surface area contributed by atoms with Crippen LogP contribution in [-0.2, 0) is 22.7 Å². The Bertz CT molecular complexity index is 947. The van der Waals surface area contributed by atoms with Gasteiger partial charge in [0.1, 0.15) is 5.75 Å². The number of hydrogen-bond acceptors (Lipinski definition) is 7. The van der Waals surface area contributed by atoms with Crippen LogP contribution in [0.4, 0.5) is 4.79 Å². The van der Waals surface area contributed by atoms with Gasteiger partial charge in [-0.15, -0.1) is 5.10 Å². The molecule has 10 heteroatoms. The average Bonchev–Trinajstić information content (AvgIpc) is 3.27. The molecule has 0 aliphatic carbocycles. The number of fused-ring (bicyclic) bond motifs is 1. The zero-order chi connectivity index (χ0) is 24.7. The van der Waals surface area contributed by atoms with Gasteiger partial charge in [0, 0.05) is 32.5 Å². The number of rotatable bonds is 5. The molecule has 0 unspecified atom stereocenters. The Morgan fingerprint density at radius 2 is 2.09 bits per heavy atom. The lowest BCUT2D eigenvalue weighted by molar-refractivity contribution is -0.136. The van der Waals surface area contributed by atoms with Gasteiger partial charge in [-0.2, -0.15) is 0 Å². The van der Waals surface area contributed by atoms with Crippen LogP contribution in [0.5, 0.6) is 5.75 Å². The first-order valence-corrected chi connectivity index (χ1v) is 11.7. The number of carbonyl (C=O) groups is 2. The van der Waals surface area contributed by atoms with E-state index in [2.05, 4.69) is 10.3 Å². The number of hydrogen-bond donors (Lipinski definition) is 1. The summed E-state index contributed by atoms with van der Waals surface area (Å²) in [6.45, 7) is 7.16. The van der Waals surface area contributed by atoms with Crippen molar-refractivity contribution in [1.29, 1.82) is 0 Å². The predicted octanol–water partition coefficient (Wildman–Crippen LogP) is 2.24. The predicted molar refractivity (Wildman–Crippen MR) is 125 cm³/mol. The third-order valence-corrected chi connectivity index (χ3v) is 6.13. The fourth-order valence-electron chi connectivity index (χ4n) is 3.88. The fourth-order valence-corrected chi connectivity index (χ4v) is 3.88. The number of ether oxygens (including phenoxy) is 2. The number of aromatic nitrogens is 3. The van der Waals surface area contributed by atoms with E-state index in [4.69, 9.17) is 9.47 Å². The first kappa shape index (κ1) is 25.6. The SMILES string of the molecule is Cc1ccc(OC(=O)N(C)C[C@H]2OCc3cnnn3CCCC(=O)N([C@H](C)CO)C[C@@H]2C)cc1. The molecule has 1 aliphatic heterocycles. The van der Waals surface area contributed by atoms with E-state index in [1.165, 1.54) is 4.90 Å². The quantitative estimate of drug-likeness (QED) is 0.709. The molecule has 2 amide bonds. The van der Waals surface area contributed by atoms with Gasteiger partial charge >= 0.3 is 6.09 Å². The standard InChI is InChI=1S/C24H35N5O5/c1-17-7-9-21(10-8-17)34-24(32)27(4)14-22-18(2)13-28(19(3)15-30)23(31)6-5-11-29-20(16-33-22)12-25-26-29/h7-10,12,18-19,22,30H,5-6,11,13-16H2,1-4H3/t18-,19+,22+/m0/s1. The minimum absolute atomic E-state index is 0.0264. The molecule has 34 heavy (non-hydrogen) atoms. The maximum absolute atomic E-state index is 12.9. The van der Waals surface area contributed by atoms with E-state index in [1.807, 2.05) is 32.9 Å². The van der Waals surface area contributed by atoms with E-state index in [1.54, 1.807) is 35.0 Å². The maximum Gasteiger partial charge on any atom is 0.415 e. The van der Waals surface area contributed by atoms with E-state index in [9.17, 15) is 14.7 Å². The van der Waals surface area contributed by atoms with Crippen molar-refractivity contribution >= 4 is 12.0 Å². The molecule has 0 fully saturated rings. The number of nitrogens with zero attached hydrogens (tertiary/aromatic N) is 5. The van der Waals surface area contributed by atoms with Crippen LogP contribution in [0.25, 0.3) is 0 Å². The highest BCUT2D eigenvalue weighted by Crippen LogP contribution is 2.19. The van der Waals surface area contributed by atoms with Gasteiger partial charge in [0.25, 0.3) is 0 Å². The zero-order valence-electron chi connectivity index (χ0n) is 20.4. The van der Waals surface area contributed by atoms with E-state index in [-0.39, 0.29) is 43.7 Å². The van der Waals surface area contributed by atoms with Gasteiger partial charge in [-0.1, -0.05) is 29.8 Å². The maximum atomic E-state index is 12.9. The number of likely N-dealkylation sites (N-methyl/N-ethyl adjacent to an activating group) is 1. The van der Waals surface area contributed by atoms with Gasteiger partial charge < -0.3 is 24.4 Å². The number of aliphatic hydroxyl groups is 1. The molecule has 186 valence electrons. The van der Waals surface area contributed by atoms with E-state index >= 15 is 0 Å². The van der Waals surface area contributed by atoms with Crippen LogP contribution < -0.4 is 4.74 Å². The third kappa shape index (κ3) is 6.77. The van der Waals surface area contributed by atoms with Gasteiger partial charge in [-0.05, 0) is 32.4 Å². The smallest absolute Gasteiger partial charge is 0.410 e. The first-order valence-electron chi connectivity index (χ1n) is 11.7. The minimum Gasteiger partial charge on any atom is -0.410 e. The molecule has 0 saturated carbocycles. The van der Waals surface area contributed by atoms with Crippen LogP contribution in [0.3, 0.4) is 0 Å². The second-order valence-corrected chi connectivity index (χ2v) is 9.02. The van der Waals surface area contributed by atoms with Crippen LogP contribution in [0.1, 0.15) is 37.9 Å². The number of aliphatic hydroxyl groups excluding tert-OH is 1. The van der Waals surface area contributed by atoms with Gasteiger partial charge in [0.15, 0.2) is 0 Å². The van der Waals surface area contributed by atoms with Crippen molar-refractivity contribution in [2.24, 2.45) is 5.92 Å². The lowest BCUT2D eigenvalue weighted by Gasteiger charge is -2.35. The van der Waals surface area contributed by atoms with Gasteiger partial charge in [0.05, 0.1) is 43.8 Å². The van der Waals surface area contributed by atoms with Crippen molar-refractivity contribution in [3.63, 3.8) is 0 Å². The van der Waals surface area contributed by atoms with Crippen molar-refractivity contribution in [3.05, 3.63) is 41.7 Å². The number of carbonyl (C=O) groups excluding carboxylic acids is 2. The molecule has 0 saturated heterocycles. The molecule has 2 heterocycles. The summed E-state index contributed by atoms with van der Waals surface area (Å²) in [5.74, 6) is 0.330. The van der Waals surface area contributed by atoms with E-state index in [0.29, 0.717) is 31.7 Å². The third-order valence-electron chi connectivity index (χ3n) is 6.13.